The Hall–Kier alpha value is -2.56. The highest BCUT2D eigenvalue weighted by molar-refractivity contribution is 5.94. The number of nitrogens with zero attached hydrogens (tertiary/aromatic N) is 1. The zero-order valence-electron chi connectivity index (χ0n) is 11.8. The van der Waals surface area contributed by atoms with Gasteiger partial charge in [0.25, 0.3) is 0 Å². The van der Waals surface area contributed by atoms with Crippen LogP contribution in [0.3, 0.4) is 0 Å². The summed E-state index contributed by atoms with van der Waals surface area (Å²) in [5, 5.41) is 2.69. The van der Waals surface area contributed by atoms with Crippen molar-refractivity contribution in [3.63, 3.8) is 0 Å². The molecule has 110 valence electrons. The lowest BCUT2D eigenvalue weighted by Gasteiger charge is -2.19. The highest BCUT2D eigenvalue weighted by Crippen LogP contribution is 2.19. The van der Waals surface area contributed by atoms with E-state index in [0.717, 1.165) is 5.69 Å². The predicted molar refractivity (Wildman–Crippen MR) is 83.8 cm³/mol. The van der Waals surface area contributed by atoms with E-state index in [1.54, 1.807) is 0 Å². The highest BCUT2D eigenvalue weighted by atomic mass is 19.1. The lowest BCUT2D eigenvalue weighted by atomic mass is 10.2. The Morgan fingerprint density at radius 2 is 1.95 bits per heavy atom. The lowest BCUT2D eigenvalue weighted by Crippen LogP contribution is -2.24. The van der Waals surface area contributed by atoms with Crippen molar-refractivity contribution >= 4 is 23.0 Å². The normalized spacial score (nSPS) is 10.2. The number of carbonyl (C=O) groups is 1. The summed E-state index contributed by atoms with van der Waals surface area (Å²) in [6, 6.07) is 13.7. The smallest absolute Gasteiger partial charge is 0.226 e. The summed E-state index contributed by atoms with van der Waals surface area (Å²) >= 11 is 0. The summed E-state index contributed by atoms with van der Waals surface area (Å²) in [7, 11) is 1.93. The van der Waals surface area contributed by atoms with Gasteiger partial charge in [0, 0.05) is 25.7 Å². The Morgan fingerprint density at radius 3 is 2.62 bits per heavy atom. The largest absolute Gasteiger partial charge is 0.397 e. The number of rotatable bonds is 5. The SMILES string of the molecule is CN(CCC(=O)Nc1ccc(F)cc1N)c1ccccc1. The fourth-order valence-corrected chi connectivity index (χ4v) is 1.94. The third kappa shape index (κ3) is 4.21. The number of para-hydroxylation sites is 1. The Kier molecular flexibility index (Phi) is 4.77. The molecule has 21 heavy (non-hydrogen) atoms. The fraction of sp³-hybridized carbons (Fsp3) is 0.188. The molecule has 1 amide bonds. The third-order valence-corrected chi connectivity index (χ3v) is 3.16. The summed E-state index contributed by atoms with van der Waals surface area (Å²) in [6.07, 6.45) is 0.322. The number of hydrogen-bond acceptors (Lipinski definition) is 3. The van der Waals surface area contributed by atoms with E-state index in [1.807, 2.05) is 42.3 Å². The summed E-state index contributed by atoms with van der Waals surface area (Å²) in [5.41, 5.74) is 7.36. The number of halogens is 1. The van der Waals surface area contributed by atoms with Gasteiger partial charge in [-0.1, -0.05) is 18.2 Å². The molecule has 0 saturated carbocycles. The molecule has 0 fully saturated rings. The van der Waals surface area contributed by atoms with Crippen LogP contribution in [0.5, 0.6) is 0 Å². The van der Waals surface area contributed by atoms with E-state index in [9.17, 15) is 9.18 Å². The Balaban J connectivity index is 1.87. The molecule has 0 saturated heterocycles. The second-order valence-corrected chi connectivity index (χ2v) is 4.79. The van der Waals surface area contributed by atoms with E-state index in [1.165, 1.54) is 18.2 Å². The first-order valence-electron chi connectivity index (χ1n) is 6.67. The average Bonchev–Trinajstić information content (AvgIpc) is 2.48. The van der Waals surface area contributed by atoms with Gasteiger partial charge in [-0.2, -0.15) is 0 Å². The standard InChI is InChI=1S/C16H18FN3O/c1-20(13-5-3-2-4-6-13)10-9-16(21)19-15-8-7-12(17)11-14(15)18/h2-8,11H,9-10,18H2,1H3,(H,19,21). The van der Waals surface area contributed by atoms with Crippen molar-refractivity contribution in [3.05, 3.63) is 54.3 Å². The number of benzene rings is 2. The van der Waals surface area contributed by atoms with Crippen LogP contribution < -0.4 is 16.0 Å². The maximum absolute atomic E-state index is 12.9. The molecule has 0 aromatic heterocycles. The van der Waals surface area contributed by atoms with Gasteiger partial charge in [0.2, 0.25) is 5.91 Å². The molecule has 4 nitrogen and oxygen atoms in total. The van der Waals surface area contributed by atoms with Gasteiger partial charge in [-0.3, -0.25) is 4.79 Å². The first-order chi connectivity index (χ1) is 10.1. The summed E-state index contributed by atoms with van der Waals surface area (Å²) in [5.74, 6) is -0.578. The maximum atomic E-state index is 12.9. The second kappa shape index (κ2) is 6.74. The zero-order chi connectivity index (χ0) is 15.2. The van der Waals surface area contributed by atoms with Crippen molar-refractivity contribution in [1.82, 2.24) is 0 Å². The highest BCUT2D eigenvalue weighted by Gasteiger charge is 2.08. The van der Waals surface area contributed by atoms with Gasteiger partial charge in [0.15, 0.2) is 0 Å². The topological polar surface area (TPSA) is 58.4 Å². The number of hydrogen-bond donors (Lipinski definition) is 2. The van der Waals surface area contributed by atoms with Crippen LogP contribution in [0.4, 0.5) is 21.5 Å². The minimum absolute atomic E-state index is 0.156. The number of carbonyl (C=O) groups excluding carboxylic acids is 1. The van der Waals surface area contributed by atoms with Crippen LogP contribution in [-0.4, -0.2) is 19.5 Å². The maximum Gasteiger partial charge on any atom is 0.226 e. The molecule has 0 aliphatic rings. The third-order valence-electron chi connectivity index (χ3n) is 3.16. The first kappa shape index (κ1) is 14.8. The van der Waals surface area contributed by atoms with Crippen molar-refractivity contribution in [1.29, 1.82) is 0 Å². The van der Waals surface area contributed by atoms with Gasteiger partial charge in [-0.25, -0.2) is 4.39 Å². The molecule has 2 aromatic carbocycles. The van der Waals surface area contributed by atoms with Gasteiger partial charge in [0.1, 0.15) is 5.82 Å². The molecule has 0 spiro atoms. The van der Waals surface area contributed by atoms with E-state index >= 15 is 0 Å². The zero-order valence-corrected chi connectivity index (χ0v) is 11.8. The summed E-state index contributed by atoms with van der Waals surface area (Å²) in [4.78, 5) is 13.9. The molecule has 0 aliphatic carbocycles. The minimum Gasteiger partial charge on any atom is -0.397 e. The number of nitrogens with two attached hydrogens (primary N) is 1. The average molecular weight is 287 g/mol. The Bertz CT molecular complexity index is 616. The van der Waals surface area contributed by atoms with Crippen LogP contribution in [0.1, 0.15) is 6.42 Å². The quantitative estimate of drug-likeness (QED) is 0.831. The lowest BCUT2D eigenvalue weighted by molar-refractivity contribution is -0.116. The molecule has 2 rings (SSSR count). The van der Waals surface area contributed by atoms with E-state index in [-0.39, 0.29) is 11.6 Å². The van der Waals surface area contributed by atoms with Gasteiger partial charge in [-0.05, 0) is 30.3 Å². The molecular weight excluding hydrogens is 269 g/mol. The monoisotopic (exact) mass is 287 g/mol. The van der Waals surface area contributed by atoms with Crippen LogP contribution in [0.15, 0.2) is 48.5 Å². The molecule has 5 heteroatoms. The van der Waals surface area contributed by atoms with E-state index in [0.29, 0.717) is 18.7 Å². The van der Waals surface area contributed by atoms with Crippen LogP contribution in [0.25, 0.3) is 0 Å². The van der Waals surface area contributed by atoms with Crippen LogP contribution in [-0.2, 0) is 4.79 Å². The van der Waals surface area contributed by atoms with Gasteiger partial charge in [-0.15, -0.1) is 0 Å². The number of nitrogen functional groups attached to an aromatic ring is 1. The van der Waals surface area contributed by atoms with E-state index in [4.69, 9.17) is 5.73 Å². The van der Waals surface area contributed by atoms with Gasteiger partial charge in [0.05, 0.1) is 11.4 Å². The number of amides is 1. The van der Waals surface area contributed by atoms with Crippen molar-refractivity contribution < 1.29 is 9.18 Å². The molecule has 2 aromatic rings. The van der Waals surface area contributed by atoms with Crippen molar-refractivity contribution in [2.45, 2.75) is 6.42 Å². The molecule has 3 N–H and O–H groups in total. The van der Waals surface area contributed by atoms with Crippen LogP contribution in [0, 0.1) is 5.82 Å². The van der Waals surface area contributed by atoms with Crippen LogP contribution >= 0.6 is 0 Å². The molecular formula is C16H18FN3O. The predicted octanol–water partition coefficient (Wildman–Crippen LogP) is 2.87. The van der Waals surface area contributed by atoms with Crippen LogP contribution in [0.2, 0.25) is 0 Å². The van der Waals surface area contributed by atoms with E-state index in [2.05, 4.69) is 5.32 Å². The summed E-state index contributed by atoms with van der Waals surface area (Å²) < 4.78 is 12.9. The first-order valence-corrected chi connectivity index (χ1v) is 6.67. The van der Waals surface area contributed by atoms with Crippen molar-refractivity contribution in [3.8, 4) is 0 Å². The second-order valence-electron chi connectivity index (χ2n) is 4.79. The van der Waals surface area contributed by atoms with E-state index < -0.39 is 5.82 Å². The molecule has 0 radical (unpaired) electrons. The molecule has 0 aliphatic heterocycles. The molecule has 0 unspecified atom stereocenters. The Morgan fingerprint density at radius 1 is 1.24 bits per heavy atom. The summed E-state index contributed by atoms with van der Waals surface area (Å²) in [6.45, 7) is 0.580. The fourth-order valence-electron chi connectivity index (χ4n) is 1.94. The molecule has 0 atom stereocenters. The van der Waals surface area contributed by atoms with Gasteiger partial charge < -0.3 is 16.0 Å². The Labute approximate surface area is 123 Å². The molecule has 0 heterocycles. The number of nitrogens with one attached hydrogen (secondary N) is 1. The van der Waals surface area contributed by atoms with Crippen molar-refractivity contribution in [2.75, 3.05) is 29.5 Å². The molecule has 0 bridgehead atoms. The minimum atomic E-state index is -0.422. The van der Waals surface area contributed by atoms with Crippen molar-refractivity contribution in [2.24, 2.45) is 0 Å². The number of anilines is 3. The van der Waals surface area contributed by atoms with Gasteiger partial charge >= 0.3 is 0 Å².